The summed E-state index contributed by atoms with van der Waals surface area (Å²) in [6, 6.07) is 7.84. The van der Waals surface area contributed by atoms with Crippen LogP contribution < -0.4 is 9.47 Å². The van der Waals surface area contributed by atoms with Crippen LogP contribution in [0.15, 0.2) is 48.3 Å². The second-order valence-electron chi connectivity index (χ2n) is 7.96. The minimum absolute atomic E-state index is 0.0580. The fourth-order valence-electron chi connectivity index (χ4n) is 3.92. The summed E-state index contributed by atoms with van der Waals surface area (Å²) in [5.74, 6) is -0.434. The third-order valence-electron chi connectivity index (χ3n) is 5.38. The van der Waals surface area contributed by atoms with Crippen molar-refractivity contribution in [3.05, 3.63) is 59.4 Å². The quantitative estimate of drug-likeness (QED) is 0.335. The molecule has 1 unspecified atom stereocenters. The number of likely N-dealkylation sites (tertiary alicyclic amines) is 1. The summed E-state index contributed by atoms with van der Waals surface area (Å²) in [4.78, 5) is 33.7. The molecule has 1 aromatic heterocycles. The van der Waals surface area contributed by atoms with Gasteiger partial charge in [-0.05, 0) is 70.7 Å². The van der Waals surface area contributed by atoms with Gasteiger partial charge in [-0.15, -0.1) is 0 Å². The molecule has 0 saturated carbocycles. The second kappa shape index (κ2) is 11.0. The predicted molar refractivity (Wildman–Crippen MR) is 125 cm³/mol. The number of rotatable bonds is 10. The standard InChI is InChI=1S/C25H31N3O5/c1-5-32-19-9-8-18(16-20(19)33-6-2)22-21(23(29)17-10-12-26-13-11-17)24(30)25(31)28(22)15-7-14-27(3)4/h8-13,16,22,29H,5-7,14-15H2,1-4H3/b23-21+. The molecule has 1 atom stereocenters. The Morgan fingerprint density at radius 1 is 1.06 bits per heavy atom. The first-order valence-corrected chi connectivity index (χ1v) is 11.1. The Labute approximate surface area is 194 Å². The van der Waals surface area contributed by atoms with Crippen molar-refractivity contribution in [1.82, 2.24) is 14.8 Å². The van der Waals surface area contributed by atoms with Crippen LogP contribution >= 0.6 is 0 Å². The third-order valence-corrected chi connectivity index (χ3v) is 5.38. The first-order valence-electron chi connectivity index (χ1n) is 11.1. The van der Waals surface area contributed by atoms with Crippen molar-refractivity contribution in [2.24, 2.45) is 0 Å². The Balaban J connectivity index is 2.12. The van der Waals surface area contributed by atoms with Gasteiger partial charge < -0.3 is 24.4 Å². The molecule has 0 bridgehead atoms. The number of Topliss-reactive ketones (excluding diaryl/α,β-unsaturated/α-hetero) is 1. The average molecular weight is 454 g/mol. The van der Waals surface area contributed by atoms with Gasteiger partial charge in [-0.1, -0.05) is 6.07 Å². The van der Waals surface area contributed by atoms with Gasteiger partial charge in [0.1, 0.15) is 5.76 Å². The average Bonchev–Trinajstić information content (AvgIpc) is 3.05. The van der Waals surface area contributed by atoms with Crippen molar-refractivity contribution in [2.45, 2.75) is 26.3 Å². The van der Waals surface area contributed by atoms with Crippen LogP contribution in [0.2, 0.25) is 0 Å². The lowest BCUT2D eigenvalue weighted by Crippen LogP contribution is -2.32. The zero-order valence-electron chi connectivity index (χ0n) is 19.6. The molecule has 33 heavy (non-hydrogen) atoms. The van der Waals surface area contributed by atoms with Crippen LogP contribution in [0.5, 0.6) is 11.5 Å². The van der Waals surface area contributed by atoms with Gasteiger partial charge in [0.25, 0.3) is 11.7 Å². The summed E-state index contributed by atoms with van der Waals surface area (Å²) >= 11 is 0. The molecule has 0 spiro atoms. The number of hydrogen-bond donors (Lipinski definition) is 1. The van der Waals surface area contributed by atoms with Gasteiger partial charge >= 0.3 is 0 Å². The van der Waals surface area contributed by atoms with Crippen LogP contribution in [0.3, 0.4) is 0 Å². The fraction of sp³-hybridized carbons (Fsp3) is 0.400. The number of amides is 1. The number of hydrogen-bond acceptors (Lipinski definition) is 7. The largest absolute Gasteiger partial charge is 0.507 e. The van der Waals surface area contributed by atoms with Gasteiger partial charge in [-0.3, -0.25) is 14.6 Å². The maximum absolute atomic E-state index is 13.1. The van der Waals surface area contributed by atoms with Crippen LogP contribution in [-0.2, 0) is 9.59 Å². The molecule has 8 heteroatoms. The topological polar surface area (TPSA) is 92.2 Å². The van der Waals surface area contributed by atoms with Gasteiger partial charge in [-0.25, -0.2) is 0 Å². The Morgan fingerprint density at radius 3 is 2.36 bits per heavy atom. The van der Waals surface area contributed by atoms with E-state index in [1.165, 1.54) is 17.3 Å². The number of ketones is 1. The number of aliphatic hydroxyl groups is 1. The number of aliphatic hydroxyl groups excluding tert-OH is 1. The zero-order chi connectivity index (χ0) is 24.0. The highest BCUT2D eigenvalue weighted by atomic mass is 16.5. The molecular weight excluding hydrogens is 422 g/mol. The second-order valence-corrected chi connectivity index (χ2v) is 7.96. The molecule has 2 heterocycles. The SMILES string of the molecule is CCOc1ccc(C2/C(=C(\O)c3ccncc3)C(=O)C(=O)N2CCCN(C)C)cc1OCC. The summed E-state index contributed by atoms with van der Waals surface area (Å²) in [7, 11) is 3.91. The smallest absolute Gasteiger partial charge is 0.295 e. The number of carbonyl (C=O) groups is 2. The van der Waals surface area contributed by atoms with E-state index in [1.807, 2.05) is 38.9 Å². The molecule has 1 N–H and O–H groups in total. The monoisotopic (exact) mass is 453 g/mol. The molecular formula is C25H31N3O5. The van der Waals surface area contributed by atoms with Crippen molar-refractivity contribution in [2.75, 3.05) is 40.4 Å². The number of aromatic nitrogens is 1. The summed E-state index contributed by atoms with van der Waals surface area (Å²) in [5, 5.41) is 11.1. The first-order chi connectivity index (χ1) is 15.9. The van der Waals surface area contributed by atoms with E-state index in [0.717, 1.165) is 6.54 Å². The third kappa shape index (κ3) is 5.34. The van der Waals surface area contributed by atoms with E-state index in [-0.39, 0.29) is 11.3 Å². The van der Waals surface area contributed by atoms with Crippen LogP contribution in [0.25, 0.3) is 5.76 Å². The maximum Gasteiger partial charge on any atom is 0.295 e. The maximum atomic E-state index is 13.1. The van der Waals surface area contributed by atoms with E-state index in [4.69, 9.17) is 9.47 Å². The molecule has 1 aliphatic heterocycles. The van der Waals surface area contributed by atoms with E-state index >= 15 is 0 Å². The highest BCUT2D eigenvalue weighted by molar-refractivity contribution is 6.46. The van der Waals surface area contributed by atoms with Gasteiger partial charge in [-0.2, -0.15) is 0 Å². The van der Waals surface area contributed by atoms with Crippen LogP contribution in [0.1, 0.15) is 37.4 Å². The molecule has 1 aromatic carbocycles. The van der Waals surface area contributed by atoms with E-state index in [2.05, 4.69) is 4.98 Å². The van der Waals surface area contributed by atoms with Crippen LogP contribution in [-0.4, -0.2) is 72.0 Å². The summed E-state index contributed by atoms with van der Waals surface area (Å²) in [6.45, 7) is 5.80. The first kappa shape index (κ1) is 24.3. The number of benzene rings is 1. The molecule has 3 rings (SSSR count). The Bertz CT molecular complexity index is 1020. The van der Waals surface area contributed by atoms with Crippen molar-refractivity contribution in [3.8, 4) is 11.5 Å². The molecule has 1 amide bonds. The minimum atomic E-state index is -0.741. The highest BCUT2D eigenvalue weighted by Crippen LogP contribution is 2.42. The predicted octanol–water partition coefficient (Wildman–Crippen LogP) is 3.25. The van der Waals surface area contributed by atoms with Gasteiger partial charge in [0.15, 0.2) is 11.5 Å². The molecule has 0 radical (unpaired) electrons. The molecule has 1 saturated heterocycles. The lowest BCUT2D eigenvalue weighted by atomic mass is 9.95. The number of nitrogens with zero attached hydrogens (tertiary/aromatic N) is 3. The van der Waals surface area contributed by atoms with E-state index < -0.39 is 17.7 Å². The van der Waals surface area contributed by atoms with E-state index in [0.29, 0.717) is 48.8 Å². The van der Waals surface area contributed by atoms with Crippen LogP contribution in [0, 0.1) is 0 Å². The lowest BCUT2D eigenvalue weighted by molar-refractivity contribution is -0.139. The molecule has 1 aliphatic rings. The lowest BCUT2D eigenvalue weighted by Gasteiger charge is -2.26. The summed E-state index contributed by atoms with van der Waals surface area (Å²) in [6.07, 6.45) is 3.74. The summed E-state index contributed by atoms with van der Waals surface area (Å²) < 4.78 is 11.4. The van der Waals surface area contributed by atoms with Crippen molar-refractivity contribution < 1.29 is 24.2 Å². The van der Waals surface area contributed by atoms with E-state index in [9.17, 15) is 14.7 Å². The van der Waals surface area contributed by atoms with Crippen molar-refractivity contribution >= 4 is 17.4 Å². The number of ether oxygens (including phenoxy) is 2. The highest BCUT2D eigenvalue weighted by Gasteiger charge is 2.46. The van der Waals surface area contributed by atoms with Crippen LogP contribution in [0.4, 0.5) is 0 Å². The van der Waals surface area contributed by atoms with E-state index in [1.54, 1.807) is 24.3 Å². The molecule has 2 aromatic rings. The molecule has 1 fully saturated rings. The van der Waals surface area contributed by atoms with Gasteiger partial charge in [0.05, 0.1) is 24.8 Å². The van der Waals surface area contributed by atoms with Crippen molar-refractivity contribution in [3.63, 3.8) is 0 Å². The molecule has 176 valence electrons. The normalized spacial score (nSPS) is 17.6. The Morgan fingerprint density at radius 2 is 1.73 bits per heavy atom. The Kier molecular flexibility index (Phi) is 8.06. The van der Waals surface area contributed by atoms with Crippen molar-refractivity contribution in [1.29, 1.82) is 0 Å². The molecule has 8 nitrogen and oxygen atoms in total. The summed E-state index contributed by atoms with van der Waals surface area (Å²) in [5.41, 5.74) is 1.15. The number of carbonyl (C=O) groups excluding carboxylic acids is 2. The Hall–Kier alpha value is -3.39. The zero-order valence-corrected chi connectivity index (χ0v) is 19.6. The number of pyridine rings is 1. The fourth-order valence-corrected chi connectivity index (χ4v) is 3.92. The van der Waals surface area contributed by atoms with Gasteiger partial charge in [0, 0.05) is 24.5 Å². The minimum Gasteiger partial charge on any atom is -0.507 e. The molecule has 0 aliphatic carbocycles. The van der Waals surface area contributed by atoms with Gasteiger partial charge in [0.2, 0.25) is 0 Å².